The number of carbonyl (C=O) groups is 4. The fourth-order valence-electron chi connectivity index (χ4n) is 5.04. The molecule has 0 aliphatic carbocycles. The SMILES string of the molecule is CCOCCOCCOc1ccc(CC(C(=O)O)N2CCN(CC(=O)O)CCN(C(C)C(=O)O)CCN(CC(=O)OC)CC2)cc1. The summed E-state index contributed by atoms with van der Waals surface area (Å²) in [6.45, 7) is 7.86. The van der Waals surface area contributed by atoms with Gasteiger partial charge in [-0.05, 0) is 38.0 Å². The molecule has 0 bridgehead atoms. The van der Waals surface area contributed by atoms with E-state index in [0.29, 0.717) is 58.4 Å². The van der Waals surface area contributed by atoms with Crippen molar-refractivity contribution in [1.29, 1.82) is 0 Å². The molecule has 0 saturated carbocycles. The second-order valence-electron chi connectivity index (χ2n) is 11.0. The highest BCUT2D eigenvalue weighted by Crippen LogP contribution is 2.16. The predicted octanol–water partition coefficient (Wildman–Crippen LogP) is 0.0665. The number of ether oxygens (including phenoxy) is 4. The molecule has 15 heteroatoms. The molecule has 260 valence electrons. The maximum absolute atomic E-state index is 12.6. The Morgan fingerprint density at radius 3 is 1.80 bits per heavy atom. The Morgan fingerprint density at radius 2 is 1.28 bits per heavy atom. The second-order valence-corrected chi connectivity index (χ2v) is 11.0. The molecule has 1 aromatic carbocycles. The van der Waals surface area contributed by atoms with Crippen molar-refractivity contribution in [3.05, 3.63) is 29.8 Å². The molecule has 2 unspecified atom stereocenters. The molecule has 1 aromatic rings. The van der Waals surface area contributed by atoms with Crippen LogP contribution in [0.15, 0.2) is 24.3 Å². The molecule has 0 aromatic heterocycles. The maximum atomic E-state index is 12.6. The fraction of sp³-hybridized carbons (Fsp3) is 0.677. The minimum atomic E-state index is -1.03. The Morgan fingerprint density at radius 1 is 0.739 bits per heavy atom. The number of methoxy groups -OCH3 is 1. The summed E-state index contributed by atoms with van der Waals surface area (Å²) in [4.78, 5) is 55.3. The van der Waals surface area contributed by atoms with Crippen molar-refractivity contribution in [2.45, 2.75) is 32.4 Å². The van der Waals surface area contributed by atoms with Crippen LogP contribution >= 0.6 is 0 Å². The van der Waals surface area contributed by atoms with Crippen molar-refractivity contribution >= 4 is 23.9 Å². The molecule has 1 saturated heterocycles. The summed E-state index contributed by atoms with van der Waals surface area (Å²) >= 11 is 0. The van der Waals surface area contributed by atoms with Crippen molar-refractivity contribution in [3.63, 3.8) is 0 Å². The van der Waals surface area contributed by atoms with Crippen molar-refractivity contribution in [2.24, 2.45) is 0 Å². The summed E-state index contributed by atoms with van der Waals surface area (Å²) in [5, 5.41) is 29.5. The molecule has 0 spiro atoms. The van der Waals surface area contributed by atoms with Crippen LogP contribution in [0.3, 0.4) is 0 Å². The molecule has 0 radical (unpaired) electrons. The lowest BCUT2D eigenvalue weighted by Crippen LogP contribution is -2.53. The zero-order valence-corrected chi connectivity index (χ0v) is 27.2. The lowest BCUT2D eigenvalue weighted by Gasteiger charge is -2.36. The zero-order valence-electron chi connectivity index (χ0n) is 27.2. The van der Waals surface area contributed by atoms with Gasteiger partial charge in [0, 0.05) is 59.0 Å². The minimum Gasteiger partial charge on any atom is -0.491 e. The molecule has 15 nitrogen and oxygen atoms in total. The van der Waals surface area contributed by atoms with E-state index in [-0.39, 0.29) is 52.2 Å². The monoisotopic (exact) mass is 654 g/mol. The third-order valence-corrected chi connectivity index (χ3v) is 7.81. The van der Waals surface area contributed by atoms with E-state index < -0.39 is 36.0 Å². The van der Waals surface area contributed by atoms with Crippen LogP contribution in [0.4, 0.5) is 0 Å². The Kier molecular flexibility index (Phi) is 18.1. The second kappa shape index (κ2) is 21.5. The number of hydrogen-bond acceptors (Lipinski definition) is 12. The van der Waals surface area contributed by atoms with E-state index in [0.717, 1.165) is 5.56 Å². The number of esters is 1. The van der Waals surface area contributed by atoms with Gasteiger partial charge in [0.1, 0.15) is 24.4 Å². The highest BCUT2D eigenvalue weighted by Gasteiger charge is 2.29. The molecular weight excluding hydrogens is 604 g/mol. The first-order valence-corrected chi connectivity index (χ1v) is 15.6. The van der Waals surface area contributed by atoms with E-state index in [1.165, 1.54) is 7.11 Å². The van der Waals surface area contributed by atoms with E-state index in [4.69, 9.17) is 18.9 Å². The van der Waals surface area contributed by atoms with Gasteiger partial charge in [0.2, 0.25) is 0 Å². The van der Waals surface area contributed by atoms with E-state index in [2.05, 4.69) is 0 Å². The molecule has 0 amide bonds. The molecule has 1 aliphatic heterocycles. The summed E-state index contributed by atoms with van der Waals surface area (Å²) in [6, 6.07) is 5.44. The Balaban J connectivity index is 2.18. The molecular formula is C31H50N4O11. The van der Waals surface area contributed by atoms with Crippen LogP contribution in [0.25, 0.3) is 0 Å². The van der Waals surface area contributed by atoms with Crippen molar-refractivity contribution < 1.29 is 53.4 Å². The molecule has 3 N–H and O–H groups in total. The predicted molar refractivity (Wildman–Crippen MR) is 167 cm³/mol. The van der Waals surface area contributed by atoms with Crippen LogP contribution in [0.2, 0.25) is 0 Å². The first-order chi connectivity index (χ1) is 22.0. The van der Waals surface area contributed by atoms with Crippen LogP contribution in [-0.2, 0) is 39.8 Å². The van der Waals surface area contributed by atoms with Crippen molar-refractivity contribution in [1.82, 2.24) is 19.6 Å². The summed E-state index contributed by atoms with van der Waals surface area (Å²) < 4.78 is 21.3. The van der Waals surface area contributed by atoms with E-state index in [1.807, 2.05) is 24.0 Å². The molecule has 2 atom stereocenters. The van der Waals surface area contributed by atoms with Crippen LogP contribution in [0, 0.1) is 0 Å². The Bertz CT molecular complexity index is 1080. The third kappa shape index (κ3) is 14.8. The first-order valence-electron chi connectivity index (χ1n) is 15.6. The molecule has 1 fully saturated rings. The maximum Gasteiger partial charge on any atom is 0.321 e. The van der Waals surface area contributed by atoms with Gasteiger partial charge in [0.25, 0.3) is 0 Å². The zero-order chi connectivity index (χ0) is 33.9. The van der Waals surface area contributed by atoms with Gasteiger partial charge in [-0.25, -0.2) is 0 Å². The topological polar surface area (TPSA) is 179 Å². The van der Waals surface area contributed by atoms with Crippen LogP contribution < -0.4 is 4.74 Å². The molecule has 2 rings (SSSR count). The average molecular weight is 655 g/mol. The summed E-state index contributed by atoms with van der Waals surface area (Å²) in [5.74, 6) is -2.89. The summed E-state index contributed by atoms with van der Waals surface area (Å²) in [6.07, 6.45) is 0.190. The van der Waals surface area contributed by atoms with Gasteiger partial charge in [-0.2, -0.15) is 0 Å². The van der Waals surface area contributed by atoms with Gasteiger partial charge >= 0.3 is 23.9 Å². The lowest BCUT2D eigenvalue weighted by molar-refractivity contribution is -0.145. The van der Waals surface area contributed by atoms with Gasteiger partial charge in [0.15, 0.2) is 0 Å². The van der Waals surface area contributed by atoms with Crippen LogP contribution in [0.1, 0.15) is 19.4 Å². The third-order valence-electron chi connectivity index (χ3n) is 7.81. The number of nitrogens with zero attached hydrogens (tertiary/aromatic N) is 4. The number of carboxylic acids is 3. The quantitative estimate of drug-likeness (QED) is 0.143. The number of rotatable bonds is 18. The number of carboxylic acid groups (broad SMARTS) is 3. The van der Waals surface area contributed by atoms with Crippen molar-refractivity contribution in [3.8, 4) is 5.75 Å². The van der Waals surface area contributed by atoms with Gasteiger partial charge in [-0.1, -0.05) is 12.1 Å². The number of hydrogen-bond donors (Lipinski definition) is 3. The highest BCUT2D eigenvalue weighted by molar-refractivity contribution is 5.74. The average Bonchev–Trinajstić information content (AvgIpc) is 3.02. The summed E-state index contributed by atoms with van der Waals surface area (Å²) in [7, 11) is 1.29. The number of carbonyl (C=O) groups excluding carboxylic acids is 1. The Hall–Kier alpha value is -3.34. The van der Waals surface area contributed by atoms with E-state index in [9.17, 15) is 34.5 Å². The van der Waals surface area contributed by atoms with Crippen LogP contribution in [-0.4, -0.2) is 176 Å². The normalized spacial score (nSPS) is 17.7. The Labute approximate surface area is 270 Å². The smallest absolute Gasteiger partial charge is 0.321 e. The van der Waals surface area contributed by atoms with Gasteiger partial charge in [-0.3, -0.25) is 38.8 Å². The van der Waals surface area contributed by atoms with E-state index in [1.54, 1.807) is 33.8 Å². The van der Waals surface area contributed by atoms with Gasteiger partial charge in [-0.15, -0.1) is 0 Å². The van der Waals surface area contributed by atoms with Gasteiger partial charge < -0.3 is 34.3 Å². The molecule has 1 heterocycles. The van der Waals surface area contributed by atoms with E-state index >= 15 is 0 Å². The first kappa shape index (κ1) is 38.8. The largest absolute Gasteiger partial charge is 0.491 e. The fourth-order valence-corrected chi connectivity index (χ4v) is 5.04. The molecule has 46 heavy (non-hydrogen) atoms. The van der Waals surface area contributed by atoms with Gasteiger partial charge in [0.05, 0.1) is 40.0 Å². The lowest BCUT2D eigenvalue weighted by atomic mass is 10.0. The standard InChI is InChI=1S/C31H50N4O11/c1-4-44-17-18-45-19-20-46-26-7-5-25(6-8-26)21-27(31(41)42)35-15-11-32(22-28(36)37)9-13-34(24(2)30(39)40)14-10-33(12-16-35)23-29(38)43-3/h5-8,24,27H,4,9-23H2,1-3H3,(H,36,37)(H,39,40)(H,41,42). The minimum absolute atomic E-state index is 0.0401. The van der Waals surface area contributed by atoms with Crippen LogP contribution in [0.5, 0.6) is 5.75 Å². The number of aliphatic carboxylic acids is 3. The summed E-state index contributed by atoms with van der Waals surface area (Å²) in [5.41, 5.74) is 0.783. The highest BCUT2D eigenvalue weighted by atomic mass is 16.5. The number of benzene rings is 1. The van der Waals surface area contributed by atoms with Crippen molar-refractivity contribution in [2.75, 3.05) is 106 Å². The molecule has 1 aliphatic rings.